The van der Waals surface area contributed by atoms with E-state index in [1.165, 1.54) is 11.3 Å². The Labute approximate surface area is 140 Å². The highest BCUT2D eigenvalue weighted by molar-refractivity contribution is 9.10. The van der Waals surface area contributed by atoms with E-state index in [9.17, 15) is 0 Å². The summed E-state index contributed by atoms with van der Waals surface area (Å²) in [6.45, 7) is 4.75. The van der Waals surface area contributed by atoms with Gasteiger partial charge in [0.1, 0.15) is 0 Å². The molecular weight excluding hydrogens is 348 g/mol. The number of hydrogen-bond donors (Lipinski definition) is 1. The van der Waals surface area contributed by atoms with Gasteiger partial charge in [0.2, 0.25) is 0 Å². The third-order valence-electron chi connectivity index (χ3n) is 3.41. The number of nitrogens with one attached hydrogen (secondary N) is 1. The van der Waals surface area contributed by atoms with E-state index in [1.54, 1.807) is 0 Å². The van der Waals surface area contributed by atoms with Crippen molar-refractivity contribution in [2.24, 2.45) is 0 Å². The summed E-state index contributed by atoms with van der Waals surface area (Å²) in [5.74, 6) is 0. The van der Waals surface area contributed by atoms with Crippen LogP contribution in [0, 0.1) is 0 Å². The largest absolute Gasteiger partial charge is 0.370 e. The topological polar surface area (TPSA) is 15.3 Å². The third kappa shape index (κ3) is 4.47. The SMILES string of the molecule is CCNCc1ccc(N(C)Cc2ccccc2Cl)cc1Br. The molecule has 0 aromatic heterocycles. The van der Waals surface area contributed by atoms with Crippen LogP contribution in [0.2, 0.25) is 5.02 Å². The van der Waals surface area contributed by atoms with Crippen LogP contribution in [0.1, 0.15) is 18.1 Å². The van der Waals surface area contributed by atoms with Gasteiger partial charge in [-0.25, -0.2) is 0 Å². The van der Waals surface area contributed by atoms with Gasteiger partial charge >= 0.3 is 0 Å². The Hall–Kier alpha value is -1.03. The van der Waals surface area contributed by atoms with Crippen LogP contribution in [0.4, 0.5) is 5.69 Å². The smallest absolute Gasteiger partial charge is 0.0455 e. The normalized spacial score (nSPS) is 10.7. The average molecular weight is 368 g/mol. The van der Waals surface area contributed by atoms with Gasteiger partial charge in [-0.3, -0.25) is 0 Å². The molecule has 2 nitrogen and oxygen atoms in total. The zero-order valence-electron chi connectivity index (χ0n) is 12.4. The number of nitrogens with zero attached hydrogens (tertiary/aromatic N) is 1. The molecule has 0 atom stereocenters. The lowest BCUT2D eigenvalue weighted by molar-refractivity contribution is 0.724. The lowest BCUT2D eigenvalue weighted by atomic mass is 10.1. The van der Waals surface area contributed by atoms with E-state index in [1.807, 2.05) is 18.2 Å². The summed E-state index contributed by atoms with van der Waals surface area (Å²) in [6, 6.07) is 14.4. The van der Waals surface area contributed by atoms with Gasteiger partial charge in [-0.2, -0.15) is 0 Å². The zero-order chi connectivity index (χ0) is 15.2. The van der Waals surface area contributed by atoms with Gasteiger partial charge in [0.15, 0.2) is 0 Å². The fourth-order valence-electron chi connectivity index (χ4n) is 2.15. The molecule has 0 unspecified atom stereocenters. The summed E-state index contributed by atoms with van der Waals surface area (Å²) in [5.41, 5.74) is 3.57. The number of anilines is 1. The molecular formula is C17H20BrClN2. The van der Waals surface area contributed by atoms with E-state index >= 15 is 0 Å². The number of benzene rings is 2. The Bertz CT molecular complexity index is 601. The highest BCUT2D eigenvalue weighted by atomic mass is 79.9. The number of hydrogen-bond acceptors (Lipinski definition) is 2. The summed E-state index contributed by atoms with van der Waals surface area (Å²) in [4.78, 5) is 2.20. The van der Waals surface area contributed by atoms with Crippen LogP contribution >= 0.6 is 27.5 Å². The van der Waals surface area contributed by atoms with Crippen molar-refractivity contribution in [1.82, 2.24) is 5.32 Å². The van der Waals surface area contributed by atoms with Gasteiger partial charge in [-0.05, 0) is 35.9 Å². The maximum atomic E-state index is 6.23. The molecule has 0 fully saturated rings. The van der Waals surface area contributed by atoms with Gasteiger partial charge in [-0.15, -0.1) is 0 Å². The second kappa shape index (κ2) is 7.83. The van der Waals surface area contributed by atoms with Gasteiger partial charge < -0.3 is 10.2 Å². The van der Waals surface area contributed by atoms with E-state index in [0.717, 1.165) is 34.7 Å². The van der Waals surface area contributed by atoms with Crippen LogP contribution in [-0.4, -0.2) is 13.6 Å². The standard InChI is InChI=1S/C17H20BrClN2/c1-3-20-11-13-8-9-15(10-16(13)18)21(2)12-14-6-4-5-7-17(14)19/h4-10,20H,3,11-12H2,1-2H3. The van der Waals surface area contributed by atoms with Gasteiger partial charge in [0.05, 0.1) is 0 Å². The monoisotopic (exact) mass is 366 g/mol. The van der Waals surface area contributed by atoms with Crippen molar-refractivity contribution in [2.75, 3.05) is 18.5 Å². The second-order valence-corrected chi connectivity index (χ2v) is 6.27. The summed E-state index contributed by atoms with van der Waals surface area (Å²) in [6.07, 6.45) is 0. The molecule has 0 bridgehead atoms. The summed E-state index contributed by atoms with van der Waals surface area (Å²) >= 11 is 9.88. The van der Waals surface area contributed by atoms with Crippen molar-refractivity contribution in [3.8, 4) is 0 Å². The second-order valence-electron chi connectivity index (χ2n) is 5.00. The molecule has 0 saturated carbocycles. The molecule has 2 aromatic rings. The average Bonchev–Trinajstić information content (AvgIpc) is 2.48. The predicted molar refractivity (Wildman–Crippen MR) is 95.1 cm³/mol. The van der Waals surface area contributed by atoms with Crippen LogP contribution in [0.25, 0.3) is 0 Å². The molecule has 0 heterocycles. The quantitative estimate of drug-likeness (QED) is 0.785. The molecule has 0 radical (unpaired) electrons. The van der Waals surface area contributed by atoms with Gasteiger partial charge in [0, 0.05) is 35.3 Å². The number of halogens is 2. The Morgan fingerprint density at radius 1 is 1.14 bits per heavy atom. The van der Waals surface area contributed by atoms with Crippen LogP contribution < -0.4 is 10.2 Å². The Morgan fingerprint density at radius 3 is 2.57 bits per heavy atom. The maximum Gasteiger partial charge on any atom is 0.0455 e. The van der Waals surface area contributed by atoms with Crippen molar-refractivity contribution in [3.63, 3.8) is 0 Å². The first-order chi connectivity index (χ1) is 10.1. The van der Waals surface area contributed by atoms with Crippen LogP contribution in [-0.2, 0) is 13.1 Å². The van der Waals surface area contributed by atoms with Crippen LogP contribution in [0.5, 0.6) is 0 Å². The molecule has 21 heavy (non-hydrogen) atoms. The molecule has 0 saturated heterocycles. The first kappa shape index (κ1) is 16.3. The van der Waals surface area contributed by atoms with Gasteiger partial charge in [0.25, 0.3) is 0 Å². The van der Waals surface area contributed by atoms with Gasteiger partial charge in [-0.1, -0.05) is 58.7 Å². The van der Waals surface area contributed by atoms with E-state index < -0.39 is 0 Å². The zero-order valence-corrected chi connectivity index (χ0v) is 14.7. The minimum atomic E-state index is 0.790. The Kier molecular flexibility index (Phi) is 6.09. The first-order valence-electron chi connectivity index (χ1n) is 7.05. The third-order valence-corrected chi connectivity index (χ3v) is 4.52. The van der Waals surface area contributed by atoms with Crippen molar-refractivity contribution in [2.45, 2.75) is 20.0 Å². The molecule has 112 valence electrons. The van der Waals surface area contributed by atoms with E-state index in [0.29, 0.717) is 0 Å². The molecule has 4 heteroatoms. The summed E-state index contributed by atoms with van der Waals surface area (Å²) in [5, 5.41) is 4.15. The fraction of sp³-hybridized carbons (Fsp3) is 0.294. The molecule has 0 aliphatic carbocycles. The Balaban J connectivity index is 2.11. The minimum absolute atomic E-state index is 0.790. The highest BCUT2D eigenvalue weighted by Crippen LogP contribution is 2.26. The molecule has 0 spiro atoms. The predicted octanol–water partition coefficient (Wildman–Crippen LogP) is 4.85. The first-order valence-corrected chi connectivity index (χ1v) is 8.22. The Morgan fingerprint density at radius 2 is 1.90 bits per heavy atom. The van der Waals surface area contributed by atoms with Crippen molar-refractivity contribution in [3.05, 3.63) is 63.1 Å². The van der Waals surface area contributed by atoms with E-state index in [4.69, 9.17) is 11.6 Å². The van der Waals surface area contributed by atoms with Crippen molar-refractivity contribution in [1.29, 1.82) is 0 Å². The lowest BCUT2D eigenvalue weighted by Crippen LogP contribution is -2.17. The molecule has 0 aliphatic rings. The minimum Gasteiger partial charge on any atom is -0.370 e. The maximum absolute atomic E-state index is 6.23. The van der Waals surface area contributed by atoms with Crippen molar-refractivity contribution >= 4 is 33.2 Å². The summed E-state index contributed by atoms with van der Waals surface area (Å²) < 4.78 is 1.13. The van der Waals surface area contributed by atoms with Crippen LogP contribution in [0.15, 0.2) is 46.9 Å². The molecule has 1 N–H and O–H groups in total. The van der Waals surface area contributed by atoms with E-state index in [-0.39, 0.29) is 0 Å². The fourth-order valence-corrected chi connectivity index (χ4v) is 2.85. The van der Waals surface area contributed by atoms with E-state index in [2.05, 4.69) is 64.4 Å². The molecule has 0 amide bonds. The lowest BCUT2D eigenvalue weighted by Gasteiger charge is -2.21. The van der Waals surface area contributed by atoms with Crippen molar-refractivity contribution < 1.29 is 0 Å². The highest BCUT2D eigenvalue weighted by Gasteiger charge is 2.07. The molecule has 0 aliphatic heterocycles. The summed E-state index contributed by atoms with van der Waals surface area (Å²) in [7, 11) is 2.08. The van der Waals surface area contributed by atoms with Crippen LogP contribution in [0.3, 0.4) is 0 Å². The molecule has 2 rings (SSSR count). The number of rotatable bonds is 6. The molecule has 2 aromatic carbocycles.